The molecule has 1 N–H and O–H groups in total. The van der Waals surface area contributed by atoms with Crippen molar-refractivity contribution in [3.05, 3.63) is 59.7 Å². The summed E-state index contributed by atoms with van der Waals surface area (Å²) in [4.78, 5) is 0. The fraction of sp³-hybridized carbons (Fsp3) is 0.200. The van der Waals surface area contributed by atoms with Gasteiger partial charge in [0.05, 0.1) is 0 Å². The van der Waals surface area contributed by atoms with Crippen molar-refractivity contribution in [3.63, 3.8) is 0 Å². The van der Waals surface area contributed by atoms with Crippen LogP contribution in [0.2, 0.25) is 0 Å². The van der Waals surface area contributed by atoms with Crippen molar-refractivity contribution < 1.29 is 8.78 Å². The van der Waals surface area contributed by atoms with Gasteiger partial charge in [-0.25, -0.2) is 8.78 Å². The quantitative estimate of drug-likeness (QED) is 0.855. The van der Waals surface area contributed by atoms with Crippen LogP contribution in [0.3, 0.4) is 0 Å². The summed E-state index contributed by atoms with van der Waals surface area (Å²) in [5, 5.41) is 3.22. The van der Waals surface area contributed by atoms with Crippen LogP contribution in [0.15, 0.2) is 42.5 Å². The van der Waals surface area contributed by atoms with E-state index >= 15 is 0 Å². The highest BCUT2D eigenvalue weighted by molar-refractivity contribution is 5.64. The maximum Gasteiger partial charge on any atom is 0.133 e. The molecule has 1 fully saturated rings. The van der Waals surface area contributed by atoms with Crippen molar-refractivity contribution in [2.24, 2.45) is 0 Å². The van der Waals surface area contributed by atoms with Gasteiger partial charge in [-0.1, -0.05) is 24.3 Å². The second kappa shape index (κ2) is 4.50. The standard InChI is InChI=1S/C15H13F2N/c16-13-5-6-14(15(17)7-13)11-3-1-10(2-4-11)12-8-18-9-12/h1-7,12,18H,8-9H2. The van der Waals surface area contributed by atoms with E-state index in [9.17, 15) is 8.78 Å². The van der Waals surface area contributed by atoms with Crippen molar-refractivity contribution in [1.29, 1.82) is 0 Å². The lowest BCUT2D eigenvalue weighted by atomic mass is 9.92. The number of rotatable bonds is 2. The van der Waals surface area contributed by atoms with Gasteiger partial charge in [-0.3, -0.25) is 0 Å². The molecule has 0 unspecified atom stereocenters. The van der Waals surface area contributed by atoms with Crippen molar-refractivity contribution in [3.8, 4) is 11.1 Å². The average molecular weight is 245 g/mol. The van der Waals surface area contributed by atoms with Crippen molar-refractivity contribution >= 4 is 0 Å². The molecule has 92 valence electrons. The van der Waals surface area contributed by atoms with Crippen LogP contribution in [-0.4, -0.2) is 13.1 Å². The summed E-state index contributed by atoms with van der Waals surface area (Å²) >= 11 is 0. The maximum absolute atomic E-state index is 13.6. The third-order valence-corrected chi connectivity index (χ3v) is 3.41. The van der Waals surface area contributed by atoms with Gasteiger partial charge in [0.1, 0.15) is 11.6 Å². The summed E-state index contributed by atoms with van der Waals surface area (Å²) in [6, 6.07) is 11.5. The van der Waals surface area contributed by atoms with Crippen LogP contribution in [-0.2, 0) is 0 Å². The molecule has 0 radical (unpaired) electrons. The van der Waals surface area contributed by atoms with Gasteiger partial charge in [0.15, 0.2) is 0 Å². The zero-order chi connectivity index (χ0) is 12.5. The highest BCUT2D eigenvalue weighted by atomic mass is 19.1. The van der Waals surface area contributed by atoms with Gasteiger partial charge in [0, 0.05) is 30.6 Å². The average Bonchev–Trinajstić information content (AvgIpc) is 2.28. The molecule has 0 aromatic heterocycles. The van der Waals surface area contributed by atoms with Crippen LogP contribution < -0.4 is 5.32 Å². The summed E-state index contributed by atoms with van der Waals surface area (Å²) in [6.07, 6.45) is 0. The molecule has 0 atom stereocenters. The molecular formula is C15H13F2N. The topological polar surface area (TPSA) is 12.0 Å². The zero-order valence-corrected chi connectivity index (χ0v) is 9.79. The van der Waals surface area contributed by atoms with E-state index in [1.54, 1.807) is 0 Å². The molecule has 0 spiro atoms. The SMILES string of the molecule is Fc1ccc(-c2ccc(C3CNC3)cc2)c(F)c1. The molecule has 0 aliphatic carbocycles. The van der Waals surface area contributed by atoms with Gasteiger partial charge in [0.25, 0.3) is 0 Å². The third kappa shape index (κ3) is 2.02. The zero-order valence-electron chi connectivity index (χ0n) is 9.79. The molecule has 1 aliphatic heterocycles. The predicted octanol–water partition coefficient (Wildman–Crippen LogP) is 3.32. The van der Waals surface area contributed by atoms with Gasteiger partial charge < -0.3 is 5.32 Å². The van der Waals surface area contributed by atoms with Crippen molar-refractivity contribution in [1.82, 2.24) is 5.32 Å². The molecule has 0 saturated carbocycles. The lowest BCUT2D eigenvalue weighted by molar-refractivity contribution is 0.448. The number of benzene rings is 2. The monoisotopic (exact) mass is 245 g/mol. The summed E-state index contributed by atoms with van der Waals surface area (Å²) in [5.74, 6) is -0.501. The Morgan fingerprint density at radius 2 is 1.67 bits per heavy atom. The first kappa shape index (κ1) is 11.4. The molecule has 1 saturated heterocycles. The van der Waals surface area contributed by atoms with E-state index in [0.29, 0.717) is 11.5 Å². The fourth-order valence-corrected chi connectivity index (χ4v) is 2.18. The molecular weight excluding hydrogens is 232 g/mol. The largest absolute Gasteiger partial charge is 0.315 e. The highest BCUT2D eigenvalue weighted by Crippen LogP contribution is 2.26. The smallest absolute Gasteiger partial charge is 0.133 e. The second-order valence-electron chi connectivity index (χ2n) is 4.60. The summed E-state index contributed by atoms with van der Waals surface area (Å²) in [5.41, 5.74) is 2.48. The van der Waals surface area contributed by atoms with Gasteiger partial charge >= 0.3 is 0 Å². The normalized spacial score (nSPS) is 15.4. The van der Waals surface area contributed by atoms with Gasteiger partial charge in [0.2, 0.25) is 0 Å². The highest BCUT2D eigenvalue weighted by Gasteiger charge is 2.18. The van der Waals surface area contributed by atoms with Crippen LogP contribution in [0.4, 0.5) is 8.78 Å². The Bertz CT molecular complexity index is 559. The molecule has 1 heterocycles. The van der Waals surface area contributed by atoms with Crippen molar-refractivity contribution in [2.75, 3.05) is 13.1 Å². The lowest BCUT2D eigenvalue weighted by Gasteiger charge is -2.27. The minimum Gasteiger partial charge on any atom is -0.315 e. The Kier molecular flexibility index (Phi) is 2.84. The van der Waals surface area contributed by atoms with E-state index < -0.39 is 11.6 Å². The van der Waals surface area contributed by atoms with Crippen LogP contribution in [0, 0.1) is 11.6 Å². The fourth-order valence-electron chi connectivity index (χ4n) is 2.18. The number of nitrogens with one attached hydrogen (secondary N) is 1. The number of hydrogen-bond donors (Lipinski definition) is 1. The molecule has 3 rings (SSSR count). The third-order valence-electron chi connectivity index (χ3n) is 3.41. The molecule has 2 aromatic carbocycles. The molecule has 1 aliphatic rings. The minimum atomic E-state index is -0.548. The first-order chi connectivity index (χ1) is 8.74. The van der Waals surface area contributed by atoms with Crippen LogP contribution in [0.1, 0.15) is 11.5 Å². The van der Waals surface area contributed by atoms with E-state index in [1.165, 1.54) is 17.7 Å². The Morgan fingerprint density at radius 3 is 2.22 bits per heavy atom. The number of halogens is 2. The van der Waals surface area contributed by atoms with E-state index in [4.69, 9.17) is 0 Å². The molecule has 2 aromatic rings. The Labute approximate surface area is 104 Å². The Morgan fingerprint density at radius 1 is 0.944 bits per heavy atom. The summed E-state index contributed by atoms with van der Waals surface area (Å²) < 4.78 is 26.5. The van der Waals surface area contributed by atoms with E-state index in [2.05, 4.69) is 5.32 Å². The van der Waals surface area contributed by atoms with Crippen LogP contribution >= 0.6 is 0 Å². The lowest BCUT2D eigenvalue weighted by Crippen LogP contribution is -2.39. The summed E-state index contributed by atoms with van der Waals surface area (Å²) in [6.45, 7) is 2.01. The van der Waals surface area contributed by atoms with E-state index in [1.807, 2.05) is 24.3 Å². The predicted molar refractivity (Wildman–Crippen MR) is 67.4 cm³/mol. The first-order valence-electron chi connectivity index (χ1n) is 6.00. The van der Waals surface area contributed by atoms with Crippen LogP contribution in [0.5, 0.6) is 0 Å². The number of hydrogen-bond acceptors (Lipinski definition) is 1. The van der Waals surface area contributed by atoms with Gasteiger partial charge in [-0.2, -0.15) is 0 Å². The maximum atomic E-state index is 13.6. The first-order valence-corrected chi connectivity index (χ1v) is 6.00. The molecule has 0 bridgehead atoms. The van der Waals surface area contributed by atoms with Crippen LogP contribution in [0.25, 0.3) is 11.1 Å². The Hall–Kier alpha value is -1.74. The summed E-state index contributed by atoms with van der Waals surface area (Å²) in [7, 11) is 0. The van der Waals surface area contributed by atoms with Gasteiger partial charge in [-0.15, -0.1) is 0 Å². The van der Waals surface area contributed by atoms with Crippen molar-refractivity contribution in [2.45, 2.75) is 5.92 Å². The van der Waals surface area contributed by atoms with Gasteiger partial charge in [-0.05, 0) is 23.3 Å². The molecule has 3 heteroatoms. The van der Waals surface area contributed by atoms with E-state index in [0.717, 1.165) is 24.7 Å². The van der Waals surface area contributed by atoms with E-state index in [-0.39, 0.29) is 0 Å². The molecule has 1 nitrogen and oxygen atoms in total. The minimum absolute atomic E-state index is 0.440. The molecule has 0 amide bonds. The Balaban J connectivity index is 1.91. The molecule has 18 heavy (non-hydrogen) atoms. The second-order valence-corrected chi connectivity index (χ2v) is 4.60.